The molecule has 41 heavy (non-hydrogen) atoms. The van der Waals surface area contributed by atoms with Gasteiger partial charge >= 0.3 is 18.1 Å². The fourth-order valence-corrected chi connectivity index (χ4v) is 5.70. The first-order valence-electron chi connectivity index (χ1n) is 12.3. The fourth-order valence-electron chi connectivity index (χ4n) is 3.92. The molecule has 0 aromatic heterocycles. The molecule has 226 valence electrons. The number of nitrogens with one attached hydrogen (secondary N) is 3. The number of carbonyl (C=O) groups is 2. The zero-order valence-electron chi connectivity index (χ0n) is 23.2. The van der Waals surface area contributed by atoms with E-state index in [0.29, 0.717) is 40.0 Å². The van der Waals surface area contributed by atoms with Gasteiger partial charge in [0.25, 0.3) is 0 Å². The number of hydroxylamine groups is 1. The molecule has 0 aliphatic rings. The van der Waals surface area contributed by atoms with Crippen LogP contribution in [0.2, 0.25) is 0 Å². The lowest BCUT2D eigenvalue weighted by molar-refractivity contribution is -0.202. The molecule has 0 bridgehead atoms. The van der Waals surface area contributed by atoms with Crippen molar-refractivity contribution in [3.05, 3.63) is 57.6 Å². The van der Waals surface area contributed by atoms with Crippen LogP contribution in [0.15, 0.2) is 29.2 Å². The van der Waals surface area contributed by atoms with E-state index in [4.69, 9.17) is 20.7 Å². The van der Waals surface area contributed by atoms with Crippen LogP contribution < -0.4 is 20.7 Å². The summed E-state index contributed by atoms with van der Waals surface area (Å²) in [5.41, 5.74) is 10.7. The fraction of sp³-hybridized carbons (Fsp3) is 0.423. The van der Waals surface area contributed by atoms with E-state index in [2.05, 4.69) is 14.9 Å². The Kier molecular flexibility index (Phi) is 11.3. The van der Waals surface area contributed by atoms with E-state index in [9.17, 15) is 31.2 Å². The van der Waals surface area contributed by atoms with E-state index in [1.165, 1.54) is 24.3 Å². The Hall–Kier alpha value is -3.69. The molecule has 2 aromatic carbocycles. The molecule has 15 heteroatoms. The van der Waals surface area contributed by atoms with Gasteiger partial charge in [-0.2, -0.15) is 17.9 Å². The maximum atomic E-state index is 13.5. The van der Waals surface area contributed by atoms with Crippen LogP contribution in [-0.2, 0) is 35.6 Å². The minimum atomic E-state index is -5.45. The van der Waals surface area contributed by atoms with Crippen molar-refractivity contribution in [2.24, 2.45) is 5.73 Å². The smallest absolute Gasteiger partial charge is 0.491 e. The predicted molar refractivity (Wildman–Crippen MR) is 143 cm³/mol. The second-order valence-corrected chi connectivity index (χ2v) is 10.9. The molecule has 1 atom stereocenters. The number of hydrogen-bond donors (Lipinski definition) is 4. The van der Waals surface area contributed by atoms with Crippen molar-refractivity contribution in [2.45, 2.75) is 64.6 Å². The molecule has 0 heterocycles. The monoisotopic (exact) mass is 602 g/mol. The number of esters is 2. The molecule has 0 fully saturated rings. The van der Waals surface area contributed by atoms with E-state index in [1.807, 2.05) is 6.92 Å². The Balaban J connectivity index is 2.28. The van der Waals surface area contributed by atoms with Crippen molar-refractivity contribution >= 4 is 27.9 Å². The topological polar surface area (TPSA) is 170 Å². The van der Waals surface area contributed by atoms with E-state index >= 15 is 0 Å². The van der Waals surface area contributed by atoms with Gasteiger partial charge < -0.3 is 15.2 Å². The molecule has 0 aliphatic heterocycles. The Labute approximate surface area is 236 Å². The summed E-state index contributed by atoms with van der Waals surface area (Å²) in [5.74, 6) is -4.39. The summed E-state index contributed by atoms with van der Waals surface area (Å²) < 4.78 is 77.0. The second-order valence-electron chi connectivity index (χ2n) is 9.25. The molecule has 5 N–H and O–H groups in total. The first-order chi connectivity index (χ1) is 19.0. The highest BCUT2D eigenvalue weighted by Gasteiger charge is 2.44. The lowest BCUT2D eigenvalue weighted by Crippen LogP contribution is -2.45. The van der Waals surface area contributed by atoms with Gasteiger partial charge in [-0.3, -0.25) is 10.2 Å². The van der Waals surface area contributed by atoms with E-state index in [-0.39, 0.29) is 24.1 Å². The van der Waals surface area contributed by atoms with Gasteiger partial charge in [-0.15, -0.1) is 0 Å². The van der Waals surface area contributed by atoms with Crippen molar-refractivity contribution in [1.82, 2.24) is 10.2 Å². The van der Waals surface area contributed by atoms with Crippen LogP contribution in [0.5, 0.6) is 5.75 Å². The molecule has 0 saturated heterocycles. The average Bonchev–Trinajstić information content (AvgIpc) is 2.87. The van der Waals surface area contributed by atoms with Crippen LogP contribution in [0.3, 0.4) is 0 Å². The highest BCUT2D eigenvalue weighted by Crippen LogP contribution is 2.30. The lowest BCUT2D eigenvalue weighted by atomic mass is 9.95. The summed E-state index contributed by atoms with van der Waals surface area (Å²) in [6, 6.07) is 4.15. The number of hydrogen-bond acceptors (Lipinski definition) is 8. The number of benzene rings is 2. The van der Waals surface area contributed by atoms with Crippen LogP contribution in [0, 0.1) is 40.0 Å². The predicted octanol–water partition coefficient (Wildman–Crippen LogP) is 2.93. The first-order valence-corrected chi connectivity index (χ1v) is 13.8. The quantitative estimate of drug-likeness (QED) is 0.0712. The van der Waals surface area contributed by atoms with Gasteiger partial charge in [-0.25, -0.2) is 23.5 Å². The largest absolute Gasteiger partial charge is 0.494 e. The molecule has 2 aromatic rings. The van der Waals surface area contributed by atoms with Crippen molar-refractivity contribution in [3.63, 3.8) is 0 Å². The zero-order valence-corrected chi connectivity index (χ0v) is 24.0. The molecule has 0 radical (unpaired) electrons. The number of ether oxygens (including phenoxy) is 2. The molecular weight excluding hydrogens is 569 g/mol. The average molecular weight is 603 g/mol. The summed E-state index contributed by atoms with van der Waals surface area (Å²) in [6.07, 6.45) is -5.43. The summed E-state index contributed by atoms with van der Waals surface area (Å²) in [7, 11) is -4.46. The van der Waals surface area contributed by atoms with Gasteiger partial charge in [-0.1, -0.05) is 12.1 Å². The Morgan fingerprint density at radius 3 is 2.00 bits per heavy atom. The summed E-state index contributed by atoms with van der Waals surface area (Å²) in [4.78, 5) is 28.8. The number of guanidine groups is 1. The van der Waals surface area contributed by atoms with Gasteiger partial charge in [0, 0.05) is 6.42 Å². The highest BCUT2D eigenvalue weighted by atomic mass is 32.2. The Morgan fingerprint density at radius 1 is 0.951 bits per heavy atom. The normalized spacial score (nSPS) is 12.5. The van der Waals surface area contributed by atoms with Crippen LogP contribution in [0.25, 0.3) is 0 Å². The minimum Gasteiger partial charge on any atom is -0.494 e. The van der Waals surface area contributed by atoms with Crippen LogP contribution in [0.1, 0.15) is 39.8 Å². The number of alkyl halides is 3. The SMILES string of the molecule is Cc1c(C)c(C)c(S(=O)(=O)N[C@@H](Cc2ccc(OCCCONC(=N)N)cc2)C(=O)OC(=O)C(F)(F)F)c(C)c1C. The van der Waals surface area contributed by atoms with Gasteiger partial charge in [0.1, 0.15) is 11.8 Å². The Morgan fingerprint density at radius 2 is 1.49 bits per heavy atom. The zero-order chi connectivity index (χ0) is 31.1. The second kappa shape index (κ2) is 13.8. The molecular formula is C26H33F3N4O7S. The van der Waals surface area contributed by atoms with Crippen molar-refractivity contribution in [1.29, 1.82) is 5.41 Å². The molecule has 11 nitrogen and oxygen atoms in total. The van der Waals surface area contributed by atoms with E-state index in [1.54, 1.807) is 27.7 Å². The first kappa shape index (κ1) is 33.5. The summed E-state index contributed by atoms with van der Waals surface area (Å²) in [6.45, 7) is 8.94. The maximum absolute atomic E-state index is 13.5. The highest BCUT2D eigenvalue weighted by molar-refractivity contribution is 7.89. The third kappa shape index (κ3) is 9.16. The maximum Gasteiger partial charge on any atom is 0.491 e. The molecule has 0 spiro atoms. The van der Waals surface area contributed by atoms with Gasteiger partial charge in [0.15, 0.2) is 0 Å². The van der Waals surface area contributed by atoms with Crippen molar-refractivity contribution in [2.75, 3.05) is 13.2 Å². The van der Waals surface area contributed by atoms with E-state index < -0.39 is 40.6 Å². The third-order valence-corrected chi connectivity index (χ3v) is 8.16. The molecule has 0 amide bonds. The molecule has 0 saturated carbocycles. The molecule has 0 aliphatic carbocycles. The number of carbonyl (C=O) groups excluding carboxylic acids is 2. The standard InChI is InChI=1S/C26H33F3N4O7S/c1-14-15(2)17(4)22(18(5)16(14)3)41(36,37)33-21(23(34)40-24(35)26(27,28)29)13-19-7-9-20(10-8-19)38-11-6-12-39-32-25(30)31/h7-10,21,33H,6,11-13H2,1-5H3,(H4,30,31,32)/t21-/m0/s1. The van der Waals surface area contributed by atoms with Gasteiger partial charge in [0.2, 0.25) is 16.0 Å². The van der Waals surface area contributed by atoms with Gasteiger partial charge in [-0.05, 0) is 86.6 Å². The van der Waals surface area contributed by atoms with Crippen LogP contribution >= 0.6 is 0 Å². The summed E-state index contributed by atoms with van der Waals surface area (Å²) >= 11 is 0. The molecule has 2 rings (SSSR count). The number of rotatable bonds is 12. The number of sulfonamides is 1. The van der Waals surface area contributed by atoms with Crippen LogP contribution in [-0.4, -0.2) is 51.7 Å². The minimum absolute atomic E-state index is 0.107. The Bertz CT molecular complexity index is 1370. The summed E-state index contributed by atoms with van der Waals surface area (Å²) in [5, 5.41) is 6.98. The number of halogens is 3. The van der Waals surface area contributed by atoms with Gasteiger partial charge in [0.05, 0.1) is 18.1 Å². The lowest BCUT2D eigenvalue weighted by Gasteiger charge is -2.22. The number of nitrogens with two attached hydrogens (primary N) is 1. The van der Waals surface area contributed by atoms with E-state index in [0.717, 1.165) is 5.56 Å². The van der Waals surface area contributed by atoms with Crippen LogP contribution in [0.4, 0.5) is 13.2 Å². The van der Waals surface area contributed by atoms with Crippen molar-refractivity contribution in [3.8, 4) is 5.75 Å². The molecule has 0 unspecified atom stereocenters. The third-order valence-electron chi connectivity index (χ3n) is 6.41. The van der Waals surface area contributed by atoms with Crippen molar-refractivity contribution < 1.29 is 45.5 Å².